The Hall–Kier alpha value is 0.708. The zero-order valence-corrected chi connectivity index (χ0v) is 23.1. The molecule has 0 radical (unpaired) electrons. The van der Waals surface area contributed by atoms with Crippen molar-refractivity contribution in [2.75, 3.05) is 6.61 Å². The average Bonchev–Trinajstić information content (AvgIpc) is 2.25. The summed E-state index contributed by atoms with van der Waals surface area (Å²) >= 11 is 0. The van der Waals surface area contributed by atoms with Crippen molar-refractivity contribution in [3.63, 3.8) is 0 Å². The van der Waals surface area contributed by atoms with Crippen LogP contribution in [-0.2, 0) is 17.7 Å². The maximum atomic E-state index is 6.59. The molecule has 0 saturated carbocycles. The second-order valence-corrected chi connectivity index (χ2v) is 28.7. The SMILES string of the molecule is CC(O[Si](C)(C)C)C(O[Si](C)(C)C)C(CO[Si](C)(C)C)O[Si](C)(C)C. The minimum absolute atomic E-state index is 0.00461. The van der Waals surface area contributed by atoms with E-state index in [-0.39, 0.29) is 18.3 Å². The third-order valence-corrected chi connectivity index (χ3v) is 7.14. The van der Waals surface area contributed by atoms with Crippen LogP contribution >= 0.6 is 0 Å². The highest BCUT2D eigenvalue weighted by atomic mass is 28.4. The molecule has 3 atom stereocenters. The molecule has 0 spiro atoms. The van der Waals surface area contributed by atoms with E-state index in [0.717, 1.165) is 0 Å². The molecule has 0 aromatic carbocycles. The van der Waals surface area contributed by atoms with Gasteiger partial charge in [0.25, 0.3) is 0 Å². The van der Waals surface area contributed by atoms with Crippen molar-refractivity contribution in [3.8, 4) is 0 Å². The molecular formula is C17H44O4Si4. The molecule has 3 unspecified atom stereocenters. The van der Waals surface area contributed by atoms with Crippen LogP contribution in [0.2, 0.25) is 78.6 Å². The summed E-state index contributed by atoms with van der Waals surface area (Å²) in [6.07, 6.45) is -0.150. The molecule has 8 heteroatoms. The smallest absolute Gasteiger partial charge is 0.184 e. The lowest BCUT2D eigenvalue weighted by molar-refractivity contribution is -0.0433. The molecule has 0 saturated heterocycles. The van der Waals surface area contributed by atoms with E-state index in [2.05, 4.69) is 85.5 Å². The highest BCUT2D eigenvalue weighted by molar-refractivity contribution is 6.71. The van der Waals surface area contributed by atoms with Gasteiger partial charge < -0.3 is 17.7 Å². The summed E-state index contributed by atoms with van der Waals surface area (Å²) in [5.74, 6) is 0. The molecule has 0 heterocycles. The van der Waals surface area contributed by atoms with Crippen molar-refractivity contribution in [1.82, 2.24) is 0 Å². The van der Waals surface area contributed by atoms with Crippen LogP contribution in [0.4, 0.5) is 0 Å². The molecule has 0 bridgehead atoms. The van der Waals surface area contributed by atoms with Gasteiger partial charge in [0.05, 0.1) is 24.9 Å². The van der Waals surface area contributed by atoms with Crippen LogP contribution in [0.1, 0.15) is 6.92 Å². The third kappa shape index (κ3) is 14.4. The lowest BCUT2D eigenvalue weighted by atomic mass is 10.1. The zero-order valence-electron chi connectivity index (χ0n) is 19.1. The molecule has 0 amide bonds. The summed E-state index contributed by atoms with van der Waals surface area (Å²) in [5, 5.41) is 0. The largest absolute Gasteiger partial charge is 0.415 e. The summed E-state index contributed by atoms with van der Waals surface area (Å²) in [5.41, 5.74) is 0. The van der Waals surface area contributed by atoms with E-state index < -0.39 is 33.3 Å². The van der Waals surface area contributed by atoms with Crippen molar-refractivity contribution >= 4 is 33.3 Å². The summed E-state index contributed by atoms with van der Waals surface area (Å²) in [7, 11) is -6.76. The van der Waals surface area contributed by atoms with Gasteiger partial charge in [-0.3, -0.25) is 0 Å². The first-order valence-corrected chi connectivity index (χ1v) is 23.1. The fourth-order valence-corrected chi connectivity index (χ4v) is 6.67. The summed E-state index contributed by atoms with van der Waals surface area (Å²) < 4.78 is 25.8. The highest BCUT2D eigenvalue weighted by Gasteiger charge is 2.38. The molecular weight excluding hydrogens is 381 g/mol. The first kappa shape index (κ1) is 25.7. The Morgan fingerprint density at radius 3 is 1.28 bits per heavy atom. The summed E-state index contributed by atoms with van der Waals surface area (Å²) in [4.78, 5) is 0. The van der Waals surface area contributed by atoms with Gasteiger partial charge in [0.2, 0.25) is 0 Å². The monoisotopic (exact) mass is 424 g/mol. The molecule has 0 N–H and O–H groups in total. The van der Waals surface area contributed by atoms with E-state index in [1.54, 1.807) is 0 Å². The van der Waals surface area contributed by atoms with Crippen LogP contribution in [-0.4, -0.2) is 58.2 Å². The second-order valence-electron chi connectivity index (χ2n) is 10.8. The fourth-order valence-electron chi connectivity index (χ4n) is 2.49. The minimum atomic E-state index is -1.74. The van der Waals surface area contributed by atoms with Gasteiger partial charge in [-0.1, -0.05) is 0 Å². The molecule has 0 aromatic rings. The van der Waals surface area contributed by atoms with Crippen molar-refractivity contribution in [2.24, 2.45) is 0 Å². The Kier molecular flexibility index (Phi) is 9.53. The lowest BCUT2D eigenvalue weighted by Gasteiger charge is -2.41. The first-order valence-electron chi connectivity index (χ1n) is 9.46. The highest BCUT2D eigenvalue weighted by Crippen LogP contribution is 2.24. The quantitative estimate of drug-likeness (QED) is 0.409. The number of hydrogen-bond acceptors (Lipinski definition) is 4. The van der Waals surface area contributed by atoms with E-state index in [9.17, 15) is 0 Å². The predicted octanol–water partition coefficient (Wildman–Crippen LogP) is 5.52. The Morgan fingerprint density at radius 2 is 0.960 bits per heavy atom. The zero-order chi connectivity index (χ0) is 20.3. The van der Waals surface area contributed by atoms with Crippen LogP contribution in [0.3, 0.4) is 0 Å². The molecule has 0 aromatic heterocycles. The Labute approximate surface area is 161 Å². The average molecular weight is 425 g/mol. The van der Waals surface area contributed by atoms with Gasteiger partial charge in [-0.05, 0) is 85.5 Å². The van der Waals surface area contributed by atoms with Gasteiger partial charge in [0.1, 0.15) is 0 Å². The fraction of sp³-hybridized carbons (Fsp3) is 1.00. The van der Waals surface area contributed by atoms with E-state index in [0.29, 0.717) is 6.61 Å². The second kappa shape index (κ2) is 9.27. The molecule has 0 aliphatic carbocycles. The normalized spacial score (nSPS) is 18.1. The van der Waals surface area contributed by atoms with Gasteiger partial charge >= 0.3 is 0 Å². The van der Waals surface area contributed by atoms with Crippen LogP contribution < -0.4 is 0 Å². The van der Waals surface area contributed by atoms with E-state index in [1.165, 1.54) is 0 Å². The van der Waals surface area contributed by atoms with Crippen molar-refractivity contribution < 1.29 is 17.7 Å². The van der Waals surface area contributed by atoms with Crippen molar-refractivity contribution in [2.45, 2.75) is 104 Å². The molecule has 25 heavy (non-hydrogen) atoms. The Morgan fingerprint density at radius 1 is 0.560 bits per heavy atom. The first-order chi connectivity index (χ1) is 10.8. The van der Waals surface area contributed by atoms with Crippen LogP contribution in [0.25, 0.3) is 0 Å². The number of hydrogen-bond donors (Lipinski definition) is 0. The summed E-state index contributed by atoms with van der Waals surface area (Å²) in [6.45, 7) is 29.4. The maximum Gasteiger partial charge on any atom is 0.184 e. The Balaban J connectivity index is 5.54. The van der Waals surface area contributed by atoms with Crippen LogP contribution in [0.15, 0.2) is 0 Å². The Bertz CT molecular complexity index is 391. The van der Waals surface area contributed by atoms with E-state index in [4.69, 9.17) is 17.7 Å². The molecule has 0 fully saturated rings. The third-order valence-electron chi connectivity index (χ3n) is 3.04. The standard InChI is InChI=1S/C17H44O4Si4/c1-15(19-23(5,6)7)17(21-25(11,12)13)16(20-24(8,9)10)14-18-22(2,3)4/h15-17H,14H2,1-13H3. The topological polar surface area (TPSA) is 36.9 Å². The number of rotatable bonds is 11. The van der Waals surface area contributed by atoms with Gasteiger partial charge in [0.15, 0.2) is 33.3 Å². The van der Waals surface area contributed by atoms with Crippen molar-refractivity contribution in [1.29, 1.82) is 0 Å². The van der Waals surface area contributed by atoms with Crippen LogP contribution in [0.5, 0.6) is 0 Å². The predicted molar refractivity (Wildman–Crippen MR) is 120 cm³/mol. The van der Waals surface area contributed by atoms with Gasteiger partial charge in [0, 0.05) is 0 Å². The van der Waals surface area contributed by atoms with Gasteiger partial charge in [-0.15, -0.1) is 0 Å². The van der Waals surface area contributed by atoms with Gasteiger partial charge in [-0.25, -0.2) is 0 Å². The van der Waals surface area contributed by atoms with Gasteiger partial charge in [-0.2, -0.15) is 0 Å². The van der Waals surface area contributed by atoms with Crippen molar-refractivity contribution in [3.05, 3.63) is 0 Å². The van der Waals surface area contributed by atoms with E-state index in [1.807, 2.05) is 0 Å². The van der Waals surface area contributed by atoms with Crippen LogP contribution in [0, 0.1) is 0 Å². The maximum absolute atomic E-state index is 6.59. The minimum Gasteiger partial charge on any atom is -0.415 e. The molecule has 152 valence electrons. The molecule has 4 nitrogen and oxygen atoms in total. The molecule has 0 aliphatic rings. The van der Waals surface area contributed by atoms with E-state index >= 15 is 0 Å². The molecule has 0 rings (SSSR count). The molecule has 0 aliphatic heterocycles. The lowest BCUT2D eigenvalue weighted by Crippen LogP contribution is -2.54. The summed E-state index contributed by atoms with van der Waals surface area (Å²) in [6, 6.07) is 0.